The van der Waals surface area contributed by atoms with Gasteiger partial charge in [-0.3, -0.25) is 4.79 Å². The number of hydrogen-bond acceptors (Lipinski definition) is 2. The van der Waals surface area contributed by atoms with Crippen LogP contribution in [-0.4, -0.2) is 24.7 Å². The van der Waals surface area contributed by atoms with Crippen molar-refractivity contribution in [3.05, 3.63) is 0 Å². The van der Waals surface area contributed by atoms with Crippen LogP contribution in [0.3, 0.4) is 0 Å². The molecule has 0 aromatic heterocycles. The molecule has 0 aliphatic rings. The first-order chi connectivity index (χ1) is 7.69. The normalized spacial score (nSPS) is 12.6. The van der Waals surface area contributed by atoms with Crippen molar-refractivity contribution in [3.8, 4) is 0 Å². The maximum atomic E-state index is 11.9. The molecule has 102 valence electrons. The third-order valence-corrected chi connectivity index (χ3v) is 2.69. The van der Waals surface area contributed by atoms with Crippen LogP contribution in [0.5, 0.6) is 0 Å². The first-order valence-corrected chi connectivity index (χ1v) is 6.61. The van der Waals surface area contributed by atoms with Crippen molar-refractivity contribution in [2.75, 3.05) is 13.2 Å². The molecule has 0 rings (SSSR count). The van der Waals surface area contributed by atoms with Crippen molar-refractivity contribution in [1.29, 1.82) is 0 Å². The van der Waals surface area contributed by atoms with Crippen molar-refractivity contribution in [1.82, 2.24) is 5.32 Å². The van der Waals surface area contributed by atoms with E-state index in [1.165, 1.54) is 0 Å². The Bertz CT molecular complexity index is 229. The quantitative estimate of drug-likeness (QED) is 0.698. The van der Waals surface area contributed by atoms with Crippen molar-refractivity contribution in [2.24, 2.45) is 5.41 Å². The average molecular weight is 243 g/mol. The first-order valence-electron chi connectivity index (χ1n) is 6.61. The van der Waals surface area contributed by atoms with Crippen molar-refractivity contribution in [2.45, 2.75) is 66.4 Å². The number of carbonyl (C=O) groups is 1. The minimum Gasteiger partial charge on any atom is -0.376 e. The summed E-state index contributed by atoms with van der Waals surface area (Å²) in [5.41, 5.74) is -0.478. The molecule has 0 aromatic rings. The summed E-state index contributed by atoms with van der Waals surface area (Å²) in [6, 6.07) is 0. The van der Waals surface area contributed by atoms with E-state index < -0.39 is 0 Å². The number of amides is 1. The van der Waals surface area contributed by atoms with E-state index >= 15 is 0 Å². The van der Waals surface area contributed by atoms with Crippen molar-refractivity contribution >= 4 is 5.91 Å². The van der Waals surface area contributed by atoms with Crippen LogP contribution >= 0.6 is 0 Å². The van der Waals surface area contributed by atoms with Crippen LogP contribution in [0.1, 0.15) is 60.8 Å². The van der Waals surface area contributed by atoms with Gasteiger partial charge in [0.05, 0.1) is 5.60 Å². The van der Waals surface area contributed by atoms with Gasteiger partial charge in [0.2, 0.25) is 5.91 Å². The lowest BCUT2D eigenvalue weighted by atomic mass is 9.88. The van der Waals surface area contributed by atoms with Crippen molar-refractivity contribution in [3.63, 3.8) is 0 Å². The number of hydrogen-bond donors (Lipinski definition) is 1. The van der Waals surface area contributed by atoms with E-state index in [0.29, 0.717) is 6.61 Å². The van der Waals surface area contributed by atoms with Gasteiger partial charge >= 0.3 is 0 Å². The smallest absolute Gasteiger partial charge is 0.225 e. The highest BCUT2D eigenvalue weighted by atomic mass is 16.5. The number of ether oxygens (including phenoxy) is 1. The second-order valence-corrected chi connectivity index (χ2v) is 6.20. The summed E-state index contributed by atoms with van der Waals surface area (Å²) < 4.78 is 5.66. The lowest BCUT2D eigenvalue weighted by Crippen LogP contribution is -2.38. The molecule has 17 heavy (non-hydrogen) atoms. The number of rotatable bonds is 7. The van der Waals surface area contributed by atoms with Gasteiger partial charge in [0.25, 0.3) is 0 Å². The van der Waals surface area contributed by atoms with Crippen LogP contribution in [-0.2, 0) is 9.53 Å². The highest BCUT2D eigenvalue weighted by Crippen LogP contribution is 2.21. The Morgan fingerprint density at radius 3 is 2.24 bits per heavy atom. The summed E-state index contributed by atoms with van der Waals surface area (Å²) in [7, 11) is 0. The van der Waals surface area contributed by atoms with Crippen LogP contribution < -0.4 is 5.32 Å². The molecule has 0 spiro atoms. The molecule has 0 heterocycles. The summed E-state index contributed by atoms with van der Waals surface area (Å²) in [5.74, 6) is 0.128. The Morgan fingerprint density at radius 2 is 1.76 bits per heavy atom. The minimum atomic E-state index is -0.348. The third-order valence-electron chi connectivity index (χ3n) is 2.69. The fourth-order valence-corrected chi connectivity index (χ4v) is 1.34. The molecule has 0 aliphatic heterocycles. The molecule has 0 aromatic carbocycles. The second kappa shape index (κ2) is 7.00. The topological polar surface area (TPSA) is 38.3 Å². The van der Waals surface area contributed by atoms with Gasteiger partial charge in [-0.2, -0.15) is 0 Å². The van der Waals surface area contributed by atoms with E-state index in [-0.39, 0.29) is 16.9 Å². The maximum Gasteiger partial charge on any atom is 0.225 e. The van der Waals surface area contributed by atoms with E-state index in [0.717, 1.165) is 25.8 Å². The second-order valence-electron chi connectivity index (χ2n) is 6.20. The number of nitrogens with one attached hydrogen (secondary N) is 1. The van der Waals surface area contributed by atoms with Crippen LogP contribution in [0.15, 0.2) is 0 Å². The third kappa shape index (κ3) is 8.19. The van der Waals surface area contributed by atoms with Gasteiger partial charge in [0.15, 0.2) is 0 Å². The van der Waals surface area contributed by atoms with Crippen LogP contribution in [0, 0.1) is 5.41 Å². The van der Waals surface area contributed by atoms with Crippen LogP contribution in [0.2, 0.25) is 0 Å². The van der Waals surface area contributed by atoms with Crippen LogP contribution in [0.25, 0.3) is 0 Å². The molecular weight excluding hydrogens is 214 g/mol. The summed E-state index contributed by atoms with van der Waals surface area (Å²) in [5, 5.41) is 2.98. The van der Waals surface area contributed by atoms with E-state index in [1.54, 1.807) is 0 Å². The zero-order valence-electron chi connectivity index (χ0n) is 12.4. The van der Waals surface area contributed by atoms with Gasteiger partial charge in [-0.05, 0) is 33.6 Å². The largest absolute Gasteiger partial charge is 0.376 e. The molecule has 0 saturated heterocycles. The molecule has 0 radical (unpaired) electrons. The summed E-state index contributed by atoms with van der Waals surface area (Å²) in [4.78, 5) is 11.9. The van der Waals surface area contributed by atoms with Gasteiger partial charge in [-0.1, -0.05) is 27.2 Å². The molecule has 0 atom stereocenters. The molecule has 1 N–H and O–H groups in total. The summed E-state index contributed by atoms with van der Waals surface area (Å²) in [6.45, 7) is 13.6. The Kier molecular flexibility index (Phi) is 6.76. The van der Waals surface area contributed by atoms with Gasteiger partial charge in [-0.15, -0.1) is 0 Å². The molecular formula is C14H29NO2. The SMILES string of the molecule is CCCCNC(=O)C(C)(C)CCOC(C)(C)C. The van der Waals surface area contributed by atoms with E-state index in [2.05, 4.69) is 12.2 Å². The zero-order chi connectivity index (χ0) is 13.5. The van der Waals surface area contributed by atoms with Gasteiger partial charge < -0.3 is 10.1 Å². The number of unbranched alkanes of at least 4 members (excludes halogenated alkanes) is 1. The van der Waals surface area contributed by atoms with Gasteiger partial charge in [-0.25, -0.2) is 0 Å². The molecule has 0 bridgehead atoms. The average Bonchev–Trinajstić information content (AvgIpc) is 2.15. The molecule has 0 unspecified atom stereocenters. The fourth-order valence-electron chi connectivity index (χ4n) is 1.34. The Balaban J connectivity index is 3.96. The highest BCUT2D eigenvalue weighted by Gasteiger charge is 2.27. The predicted molar refractivity (Wildman–Crippen MR) is 72.0 cm³/mol. The molecule has 0 aliphatic carbocycles. The monoisotopic (exact) mass is 243 g/mol. The summed E-state index contributed by atoms with van der Waals surface area (Å²) in [6.07, 6.45) is 2.90. The summed E-state index contributed by atoms with van der Waals surface area (Å²) >= 11 is 0. The molecule has 0 saturated carbocycles. The Labute approximate surface area is 106 Å². The highest BCUT2D eigenvalue weighted by molar-refractivity contribution is 5.81. The first kappa shape index (κ1) is 16.4. The van der Waals surface area contributed by atoms with Crippen molar-refractivity contribution < 1.29 is 9.53 Å². The van der Waals surface area contributed by atoms with Gasteiger partial charge in [0.1, 0.15) is 0 Å². The molecule has 1 amide bonds. The van der Waals surface area contributed by atoms with E-state index in [1.807, 2.05) is 34.6 Å². The molecule has 3 nitrogen and oxygen atoms in total. The van der Waals surface area contributed by atoms with E-state index in [4.69, 9.17) is 4.74 Å². The molecule has 3 heteroatoms. The predicted octanol–water partition coefficient (Wildman–Crippen LogP) is 3.13. The maximum absolute atomic E-state index is 11.9. The Hall–Kier alpha value is -0.570. The fraction of sp³-hybridized carbons (Fsp3) is 0.929. The lowest BCUT2D eigenvalue weighted by Gasteiger charge is -2.26. The van der Waals surface area contributed by atoms with E-state index in [9.17, 15) is 4.79 Å². The van der Waals surface area contributed by atoms with Crippen LogP contribution in [0.4, 0.5) is 0 Å². The lowest BCUT2D eigenvalue weighted by molar-refractivity contribution is -0.131. The van der Waals surface area contributed by atoms with Gasteiger partial charge in [0, 0.05) is 18.6 Å². The minimum absolute atomic E-state index is 0.128. The molecule has 0 fully saturated rings. The number of carbonyl (C=O) groups excluding carboxylic acids is 1. The zero-order valence-corrected chi connectivity index (χ0v) is 12.4. The standard InChI is InChI=1S/C14H29NO2/c1-7-8-10-15-12(16)14(5,6)9-11-17-13(2,3)4/h7-11H2,1-6H3,(H,15,16). The Morgan fingerprint density at radius 1 is 1.18 bits per heavy atom.